The number of ether oxygens (including phenoxy) is 1. The molecule has 8 heteroatoms. The minimum Gasteiger partial charge on any atom is -0.481 e. The van der Waals surface area contributed by atoms with Crippen LogP contribution in [0.25, 0.3) is 21.7 Å². The third-order valence-electron chi connectivity index (χ3n) is 5.10. The number of benzene rings is 3. The summed E-state index contributed by atoms with van der Waals surface area (Å²) in [6.07, 6.45) is 0.481. The molecule has 4 aromatic rings. The van der Waals surface area contributed by atoms with Crippen LogP contribution in [-0.2, 0) is 16.1 Å². The molecule has 0 aliphatic carbocycles. The molecule has 8 nitrogen and oxygen atoms in total. The summed E-state index contributed by atoms with van der Waals surface area (Å²) in [5.74, 6) is -0.542. The van der Waals surface area contributed by atoms with Crippen molar-refractivity contribution < 1.29 is 14.3 Å². The van der Waals surface area contributed by atoms with Crippen LogP contribution >= 0.6 is 0 Å². The van der Waals surface area contributed by atoms with Crippen LogP contribution in [0.1, 0.15) is 12.5 Å². The van der Waals surface area contributed by atoms with E-state index < -0.39 is 17.9 Å². The van der Waals surface area contributed by atoms with Gasteiger partial charge in [0.25, 0.3) is 17.4 Å². The van der Waals surface area contributed by atoms with Crippen LogP contribution in [0.2, 0.25) is 0 Å². The molecule has 0 fully saturated rings. The van der Waals surface area contributed by atoms with Gasteiger partial charge in [0.1, 0.15) is 12.3 Å². The SMILES string of the molecule is Cc1cccc2c(=O)n(CC(=O)NNC(=O)C(C)Oc3ccc4ccccc4c3)cnc12. The van der Waals surface area contributed by atoms with Crippen LogP contribution in [0, 0.1) is 6.92 Å². The molecule has 2 N–H and O–H groups in total. The predicted octanol–water partition coefficient (Wildman–Crippen LogP) is 2.47. The molecule has 1 aromatic heterocycles. The molecule has 0 aliphatic heterocycles. The number of hydrazine groups is 1. The monoisotopic (exact) mass is 430 g/mol. The van der Waals surface area contributed by atoms with E-state index in [4.69, 9.17) is 4.74 Å². The summed E-state index contributed by atoms with van der Waals surface area (Å²) in [5.41, 5.74) is 5.79. The lowest BCUT2D eigenvalue weighted by Crippen LogP contribution is -2.48. The molecule has 4 rings (SSSR count). The molecular weight excluding hydrogens is 408 g/mol. The van der Waals surface area contributed by atoms with Gasteiger partial charge in [0.05, 0.1) is 17.2 Å². The molecule has 2 amide bonds. The van der Waals surface area contributed by atoms with Crippen LogP contribution in [0.15, 0.2) is 71.8 Å². The summed E-state index contributed by atoms with van der Waals surface area (Å²) < 4.78 is 6.88. The summed E-state index contributed by atoms with van der Waals surface area (Å²) in [6.45, 7) is 3.16. The zero-order valence-corrected chi connectivity index (χ0v) is 17.7. The van der Waals surface area contributed by atoms with E-state index in [2.05, 4.69) is 15.8 Å². The van der Waals surface area contributed by atoms with Gasteiger partial charge in [0.15, 0.2) is 6.10 Å². The van der Waals surface area contributed by atoms with Gasteiger partial charge >= 0.3 is 0 Å². The Morgan fingerprint density at radius 1 is 1.03 bits per heavy atom. The second-order valence-electron chi connectivity index (χ2n) is 7.46. The zero-order chi connectivity index (χ0) is 22.7. The van der Waals surface area contributed by atoms with Crippen LogP contribution in [-0.4, -0.2) is 27.5 Å². The van der Waals surface area contributed by atoms with Crippen LogP contribution in [0.4, 0.5) is 0 Å². The first-order chi connectivity index (χ1) is 15.4. The molecule has 1 atom stereocenters. The third-order valence-corrected chi connectivity index (χ3v) is 5.10. The fourth-order valence-electron chi connectivity index (χ4n) is 3.38. The van der Waals surface area contributed by atoms with Gasteiger partial charge in [-0.1, -0.05) is 42.5 Å². The number of aryl methyl sites for hydroxylation is 1. The van der Waals surface area contributed by atoms with Crippen LogP contribution in [0.3, 0.4) is 0 Å². The highest BCUT2D eigenvalue weighted by molar-refractivity contribution is 5.86. The molecule has 0 aliphatic rings. The Balaban J connectivity index is 1.35. The van der Waals surface area contributed by atoms with Gasteiger partial charge in [-0.25, -0.2) is 4.98 Å². The van der Waals surface area contributed by atoms with E-state index in [0.717, 1.165) is 16.3 Å². The maximum atomic E-state index is 12.6. The maximum absolute atomic E-state index is 12.6. The molecule has 162 valence electrons. The number of carbonyl (C=O) groups excluding carboxylic acids is 2. The minimum absolute atomic E-state index is 0.282. The van der Waals surface area contributed by atoms with Gasteiger partial charge in [0.2, 0.25) is 0 Å². The molecule has 1 unspecified atom stereocenters. The molecule has 3 aromatic carbocycles. The highest BCUT2D eigenvalue weighted by Gasteiger charge is 2.16. The lowest BCUT2D eigenvalue weighted by molar-refractivity contribution is -0.133. The van der Waals surface area contributed by atoms with Crippen molar-refractivity contribution in [1.29, 1.82) is 0 Å². The van der Waals surface area contributed by atoms with Crippen molar-refractivity contribution in [1.82, 2.24) is 20.4 Å². The van der Waals surface area contributed by atoms with Gasteiger partial charge in [-0.05, 0) is 48.4 Å². The minimum atomic E-state index is -0.843. The number of para-hydroxylation sites is 1. The standard InChI is InChI=1S/C24H22N4O4/c1-15-6-5-9-20-22(15)25-14-28(24(20)31)13-21(29)26-27-23(30)16(2)32-19-11-10-17-7-3-4-8-18(17)12-19/h3-12,14,16H,13H2,1-2H3,(H,26,29)(H,27,30). The van der Waals surface area contributed by atoms with Crippen molar-refractivity contribution in [3.05, 3.63) is 82.9 Å². The molecule has 0 bridgehead atoms. The number of nitrogens with one attached hydrogen (secondary N) is 2. The lowest BCUT2D eigenvalue weighted by Gasteiger charge is -2.16. The van der Waals surface area contributed by atoms with E-state index in [1.807, 2.05) is 49.4 Å². The first kappa shape index (κ1) is 21.0. The smallest absolute Gasteiger partial charge is 0.279 e. The molecule has 0 saturated heterocycles. The summed E-state index contributed by atoms with van der Waals surface area (Å²) in [6, 6.07) is 18.7. The Morgan fingerprint density at radius 2 is 1.81 bits per heavy atom. The first-order valence-electron chi connectivity index (χ1n) is 10.1. The third kappa shape index (κ3) is 4.44. The summed E-state index contributed by atoms with van der Waals surface area (Å²) >= 11 is 0. The average molecular weight is 430 g/mol. The molecule has 0 spiro atoms. The lowest BCUT2D eigenvalue weighted by atomic mass is 10.1. The number of rotatable bonds is 5. The number of hydrogen-bond acceptors (Lipinski definition) is 5. The number of nitrogens with zero attached hydrogens (tertiary/aromatic N) is 2. The van der Waals surface area contributed by atoms with Gasteiger partial charge in [-0.2, -0.15) is 0 Å². The Morgan fingerprint density at radius 3 is 2.62 bits per heavy atom. The van der Waals surface area contributed by atoms with E-state index in [-0.39, 0.29) is 12.1 Å². The molecular formula is C24H22N4O4. The fraction of sp³-hybridized carbons (Fsp3) is 0.167. The van der Waals surface area contributed by atoms with Crippen molar-refractivity contribution in [2.75, 3.05) is 0 Å². The van der Waals surface area contributed by atoms with E-state index in [9.17, 15) is 14.4 Å². The number of hydrogen-bond donors (Lipinski definition) is 2. The normalized spacial score (nSPS) is 11.8. The second kappa shape index (κ2) is 8.89. The quantitative estimate of drug-likeness (QED) is 0.474. The second-order valence-corrected chi connectivity index (χ2v) is 7.46. The molecule has 0 saturated carbocycles. The average Bonchev–Trinajstić information content (AvgIpc) is 2.79. The Kier molecular flexibility index (Phi) is 5.85. The van der Waals surface area contributed by atoms with Gasteiger partial charge in [0, 0.05) is 0 Å². The first-order valence-corrected chi connectivity index (χ1v) is 10.1. The Bertz CT molecular complexity index is 1380. The number of carbonyl (C=O) groups is 2. The van der Waals surface area contributed by atoms with Crippen molar-refractivity contribution in [3.8, 4) is 5.75 Å². The Hall–Kier alpha value is -4.20. The van der Waals surface area contributed by atoms with Gasteiger partial charge in [-0.3, -0.25) is 29.8 Å². The number of fused-ring (bicyclic) bond motifs is 2. The summed E-state index contributed by atoms with van der Waals surface area (Å²) in [7, 11) is 0. The Labute approximate surface area is 183 Å². The van der Waals surface area contributed by atoms with Crippen LogP contribution < -0.4 is 21.1 Å². The summed E-state index contributed by atoms with van der Waals surface area (Å²) in [5, 5.41) is 2.50. The zero-order valence-electron chi connectivity index (χ0n) is 17.7. The van der Waals surface area contributed by atoms with Crippen molar-refractivity contribution in [2.24, 2.45) is 0 Å². The van der Waals surface area contributed by atoms with Crippen LogP contribution in [0.5, 0.6) is 5.75 Å². The van der Waals surface area contributed by atoms with E-state index in [1.54, 1.807) is 25.1 Å². The highest BCUT2D eigenvalue weighted by Crippen LogP contribution is 2.21. The highest BCUT2D eigenvalue weighted by atomic mass is 16.5. The largest absolute Gasteiger partial charge is 0.481 e. The van der Waals surface area contributed by atoms with Gasteiger partial charge in [-0.15, -0.1) is 0 Å². The fourth-order valence-corrected chi connectivity index (χ4v) is 3.38. The summed E-state index contributed by atoms with van der Waals surface area (Å²) in [4.78, 5) is 41.4. The molecule has 32 heavy (non-hydrogen) atoms. The molecule has 1 heterocycles. The predicted molar refractivity (Wildman–Crippen MR) is 121 cm³/mol. The van der Waals surface area contributed by atoms with Crippen molar-refractivity contribution >= 4 is 33.5 Å². The maximum Gasteiger partial charge on any atom is 0.279 e. The number of aromatic nitrogens is 2. The topological polar surface area (TPSA) is 102 Å². The molecule has 0 radical (unpaired) electrons. The number of amides is 2. The van der Waals surface area contributed by atoms with E-state index in [0.29, 0.717) is 16.7 Å². The van der Waals surface area contributed by atoms with Gasteiger partial charge < -0.3 is 4.74 Å². The van der Waals surface area contributed by atoms with Crippen molar-refractivity contribution in [3.63, 3.8) is 0 Å². The van der Waals surface area contributed by atoms with E-state index >= 15 is 0 Å². The van der Waals surface area contributed by atoms with E-state index in [1.165, 1.54) is 10.9 Å². The van der Waals surface area contributed by atoms with Crippen molar-refractivity contribution in [2.45, 2.75) is 26.5 Å².